The molecule has 3 aromatic carbocycles. The van der Waals surface area contributed by atoms with Crippen molar-refractivity contribution in [2.75, 3.05) is 56.8 Å². The van der Waals surface area contributed by atoms with Crippen LogP contribution in [0.4, 0.5) is 20.2 Å². The molecule has 0 unspecified atom stereocenters. The molecule has 1 fully saturated rings. The number of nitrogens with two attached hydrogens (primary N) is 1. The first-order valence-electron chi connectivity index (χ1n) is 12.8. The predicted molar refractivity (Wildman–Crippen MR) is 151 cm³/mol. The summed E-state index contributed by atoms with van der Waals surface area (Å²) in [7, 11) is -1.83. The van der Waals surface area contributed by atoms with E-state index >= 15 is 0 Å². The van der Waals surface area contributed by atoms with Gasteiger partial charge in [-0.15, -0.1) is 0 Å². The number of rotatable bonds is 9. The van der Waals surface area contributed by atoms with E-state index in [0.717, 1.165) is 13.1 Å². The van der Waals surface area contributed by atoms with Gasteiger partial charge in [0.2, 0.25) is 9.84 Å². The van der Waals surface area contributed by atoms with Crippen LogP contribution in [-0.2, 0) is 9.84 Å². The molecular weight excluding hydrogens is 538 g/mol. The smallest absolute Gasteiger partial charge is 0.250 e. The molecule has 0 saturated carbocycles. The number of aromatic amines is 1. The topological polar surface area (TPSA) is 124 Å². The summed E-state index contributed by atoms with van der Waals surface area (Å²) < 4.78 is 54.3. The molecule has 1 amide bonds. The lowest BCUT2D eigenvalue weighted by molar-refractivity contribution is 0.100. The molecule has 0 radical (unpaired) electrons. The van der Waals surface area contributed by atoms with Gasteiger partial charge in [-0.25, -0.2) is 17.2 Å². The van der Waals surface area contributed by atoms with E-state index in [0.29, 0.717) is 40.9 Å². The third-order valence-corrected chi connectivity index (χ3v) is 8.92. The number of hydrogen-bond donors (Lipinski definition) is 3. The van der Waals surface area contributed by atoms with Gasteiger partial charge < -0.3 is 20.9 Å². The Labute approximate surface area is 230 Å². The highest BCUT2D eigenvalue weighted by atomic mass is 32.2. The van der Waals surface area contributed by atoms with Crippen LogP contribution in [0.25, 0.3) is 22.2 Å². The number of anilines is 2. The number of benzene rings is 3. The maximum atomic E-state index is 13.7. The highest BCUT2D eigenvalue weighted by Gasteiger charge is 2.28. The van der Waals surface area contributed by atoms with Crippen LogP contribution in [0.3, 0.4) is 0 Å². The van der Waals surface area contributed by atoms with Gasteiger partial charge in [0.15, 0.2) is 0 Å². The Kier molecular flexibility index (Phi) is 7.72. The van der Waals surface area contributed by atoms with Crippen molar-refractivity contribution in [2.45, 2.75) is 15.8 Å². The van der Waals surface area contributed by atoms with Gasteiger partial charge in [0, 0.05) is 37.3 Å². The number of H-pyrrole nitrogens is 1. The number of piperazine rings is 1. The quantitative estimate of drug-likeness (QED) is 0.282. The molecule has 1 aromatic heterocycles. The molecule has 0 bridgehead atoms. The zero-order valence-corrected chi connectivity index (χ0v) is 22.7. The van der Waals surface area contributed by atoms with Gasteiger partial charge >= 0.3 is 0 Å². The summed E-state index contributed by atoms with van der Waals surface area (Å²) in [5.74, 6) is -0.780. The third-order valence-electron chi connectivity index (χ3n) is 7.15. The van der Waals surface area contributed by atoms with E-state index in [1.807, 2.05) is 7.05 Å². The average Bonchev–Trinajstić information content (AvgIpc) is 3.39. The van der Waals surface area contributed by atoms with Crippen molar-refractivity contribution in [1.82, 2.24) is 15.1 Å². The summed E-state index contributed by atoms with van der Waals surface area (Å²) in [5.41, 5.74) is 7.87. The Morgan fingerprint density at radius 1 is 1.02 bits per heavy atom. The number of carbonyl (C=O) groups excluding carboxylic acids is 1. The molecule has 12 heteroatoms. The molecule has 2 heterocycles. The molecule has 9 nitrogen and oxygen atoms in total. The summed E-state index contributed by atoms with van der Waals surface area (Å²) in [6.45, 7) is 0.826. The molecule has 4 aromatic rings. The summed E-state index contributed by atoms with van der Waals surface area (Å²) in [5, 5.41) is 10.8. The predicted octanol–water partition coefficient (Wildman–Crippen LogP) is 3.63. The van der Waals surface area contributed by atoms with Crippen LogP contribution in [0, 0.1) is 0 Å². The first kappa shape index (κ1) is 27.5. The maximum absolute atomic E-state index is 13.7. The van der Waals surface area contributed by atoms with Gasteiger partial charge in [0.25, 0.3) is 5.91 Å². The van der Waals surface area contributed by atoms with Gasteiger partial charge in [-0.1, -0.05) is 18.2 Å². The maximum Gasteiger partial charge on any atom is 0.250 e. The number of sulfone groups is 1. The molecule has 1 saturated heterocycles. The molecule has 0 aliphatic carbocycles. The number of aromatic nitrogens is 2. The lowest BCUT2D eigenvalue weighted by atomic mass is 9.97. The Morgan fingerprint density at radius 2 is 1.73 bits per heavy atom. The highest BCUT2D eigenvalue weighted by molar-refractivity contribution is 7.91. The Balaban J connectivity index is 1.76. The standard InChI is InChI=1S/C28H30F2N6O3S/c1-35-11-13-36(14-12-35)24-10-8-21(28(31)37)26(32-18(16-29)17-30)25(24)27-22-15-20(7-9-23(22)33-34-27)40(38,39)19-5-3-2-4-6-19/h2-10,15,18,32H,11-14,16-17H2,1H3,(H2,31,37)(H,33,34). The van der Waals surface area contributed by atoms with Crippen LogP contribution < -0.4 is 16.0 Å². The van der Waals surface area contributed by atoms with E-state index in [1.54, 1.807) is 30.3 Å². The number of amides is 1. The van der Waals surface area contributed by atoms with Crippen LogP contribution in [-0.4, -0.2) is 82.0 Å². The molecule has 210 valence electrons. The minimum Gasteiger partial charge on any atom is -0.376 e. The summed E-state index contributed by atoms with van der Waals surface area (Å²) >= 11 is 0. The first-order valence-corrected chi connectivity index (χ1v) is 14.3. The van der Waals surface area contributed by atoms with Crippen molar-refractivity contribution < 1.29 is 22.0 Å². The van der Waals surface area contributed by atoms with Gasteiger partial charge in [-0.3, -0.25) is 9.89 Å². The van der Waals surface area contributed by atoms with Crippen molar-refractivity contribution in [3.63, 3.8) is 0 Å². The lowest BCUT2D eigenvalue weighted by Gasteiger charge is -2.36. The second-order valence-corrected chi connectivity index (χ2v) is 11.7. The van der Waals surface area contributed by atoms with Crippen LogP contribution in [0.1, 0.15) is 10.4 Å². The molecule has 40 heavy (non-hydrogen) atoms. The molecule has 0 spiro atoms. The highest BCUT2D eigenvalue weighted by Crippen LogP contribution is 2.43. The Morgan fingerprint density at radius 3 is 2.38 bits per heavy atom. The Hall–Kier alpha value is -4.03. The van der Waals surface area contributed by atoms with E-state index in [4.69, 9.17) is 5.73 Å². The van der Waals surface area contributed by atoms with Crippen LogP contribution in [0.15, 0.2) is 70.5 Å². The number of alkyl halides is 2. The van der Waals surface area contributed by atoms with E-state index in [-0.39, 0.29) is 21.0 Å². The van der Waals surface area contributed by atoms with E-state index in [2.05, 4.69) is 25.3 Å². The summed E-state index contributed by atoms with van der Waals surface area (Å²) in [6.07, 6.45) is 0. The van der Waals surface area contributed by atoms with Crippen molar-refractivity contribution in [1.29, 1.82) is 0 Å². The molecule has 0 atom stereocenters. The average molecular weight is 569 g/mol. The summed E-state index contributed by atoms with van der Waals surface area (Å²) in [4.78, 5) is 17.0. The lowest BCUT2D eigenvalue weighted by Crippen LogP contribution is -2.44. The first-order chi connectivity index (χ1) is 19.2. The minimum atomic E-state index is -3.85. The number of nitrogens with one attached hydrogen (secondary N) is 2. The second-order valence-electron chi connectivity index (χ2n) is 9.78. The van der Waals surface area contributed by atoms with Crippen molar-refractivity contribution in [3.8, 4) is 11.3 Å². The van der Waals surface area contributed by atoms with Gasteiger partial charge in [0.1, 0.15) is 19.0 Å². The fraction of sp³-hybridized carbons (Fsp3) is 0.286. The van der Waals surface area contributed by atoms with E-state index in [1.165, 1.54) is 30.3 Å². The number of halogens is 2. The fourth-order valence-electron chi connectivity index (χ4n) is 4.91. The zero-order chi connectivity index (χ0) is 28.4. The monoisotopic (exact) mass is 568 g/mol. The van der Waals surface area contributed by atoms with Crippen LogP contribution in [0.5, 0.6) is 0 Å². The van der Waals surface area contributed by atoms with Crippen molar-refractivity contribution >= 4 is 38.0 Å². The fourth-order valence-corrected chi connectivity index (χ4v) is 6.21. The van der Waals surface area contributed by atoms with Crippen LogP contribution in [0.2, 0.25) is 0 Å². The molecular formula is C28H30F2N6O3S. The normalized spacial score (nSPS) is 14.7. The largest absolute Gasteiger partial charge is 0.376 e. The molecule has 1 aliphatic heterocycles. The SMILES string of the molecule is CN1CCN(c2ccc(C(N)=O)c(NC(CF)CF)c2-c2n[nH]c3ccc(S(=O)(=O)c4ccccc4)cc23)CC1. The van der Waals surface area contributed by atoms with Crippen molar-refractivity contribution in [3.05, 3.63) is 66.2 Å². The number of fused-ring (bicyclic) bond motifs is 1. The van der Waals surface area contributed by atoms with E-state index < -0.39 is 35.1 Å². The molecule has 4 N–H and O–H groups in total. The number of primary amides is 1. The van der Waals surface area contributed by atoms with E-state index in [9.17, 15) is 22.0 Å². The zero-order valence-electron chi connectivity index (χ0n) is 21.9. The van der Waals surface area contributed by atoms with Gasteiger partial charge in [-0.05, 0) is 49.5 Å². The van der Waals surface area contributed by atoms with Gasteiger partial charge in [-0.2, -0.15) is 5.10 Å². The minimum absolute atomic E-state index is 0.0454. The second kappa shape index (κ2) is 11.2. The van der Waals surface area contributed by atoms with Crippen LogP contribution >= 0.6 is 0 Å². The number of hydrogen-bond acceptors (Lipinski definition) is 7. The Bertz CT molecular complexity index is 1630. The van der Waals surface area contributed by atoms with Crippen molar-refractivity contribution in [2.24, 2.45) is 5.73 Å². The number of carbonyl (C=O) groups is 1. The third kappa shape index (κ3) is 5.11. The number of likely N-dealkylation sites (N-methyl/N-ethyl adjacent to an activating group) is 1. The molecule has 1 aliphatic rings. The summed E-state index contributed by atoms with van der Waals surface area (Å²) in [6, 6.07) is 14.8. The van der Waals surface area contributed by atoms with Gasteiger partial charge in [0.05, 0.1) is 38.2 Å². The molecule has 5 rings (SSSR count). The number of nitrogens with zero attached hydrogens (tertiary/aromatic N) is 3.